The molecule has 1 aliphatic heterocycles. The van der Waals surface area contributed by atoms with Crippen molar-refractivity contribution in [3.8, 4) is 0 Å². The zero-order chi connectivity index (χ0) is 16.3. The summed E-state index contributed by atoms with van der Waals surface area (Å²) in [5.74, 6) is -1.48. The molecule has 5 heteroatoms. The van der Waals surface area contributed by atoms with Gasteiger partial charge in [-0.2, -0.15) is 0 Å². The van der Waals surface area contributed by atoms with Crippen molar-refractivity contribution >= 4 is 12.1 Å². The molecule has 2 atom stereocenters. The third kappa shape index (κ3) is 3.78. The quantitative estimate of drug-likeness (QED) is 0.908. The number of ether oxygens (including phenoxy) is 1. The second kappa shape index (κ2) is 6.38. The Hall–Kier alpha value is -2.04. The minimum atomic E-state index is -0.873. The van der Waals surface area contributed by atoms with E-state index < -0.39 is 29.6 Å². The molecule has 1 aromatic carbocycles. The maximum absolute atomic E-state index is 12.5. The fraction of sp³-hybridized carbons (Fsp3) is 0.529. The molecule has 1 saturated heterocycles. The molecule has 0 bridgehead atoms. The lowest BCUT2D eigenvalue weighted by atomic mass is 9.85. The Morgan fingerprint density at radius 2 is 1.86 bits per heavy atom. The zero-order valence-electron chi connectivity index (χ0n) is 13.3. The third-order valence-corrected chi connectivity index (χ3v) is 3.72. The van der Waals surface area contributed by atoms with Crippen LogP contribution in [0.2, 0.25) is 0 Å². The molecule has 0 aromatic heterocycles. The van der Waals surface area contributed by atoms with Crippen molar-refractivity contribution in [1.29, 1.82) is 0 Å². The number of amides is 1. The molecule has 1 N–H and O–H groups in total. The second-order valence-corrected chi connectivity index (χ2v) is 6.62. The number of piperidine rings is 1. The summed E-state index contributed by atoms with van der Waals surface area (Å²) in [5, 5.41) is 9.52. The molecule has 1 fully saturated rings. The molecule has 120 valence electrons. The topological polar surface area (TPSA) is 66.8 Å². The van der Waals surface area contributed by atoms with Crippen LogP contribution < -0.4 is 0 Å². The number of hydrogen-bond acceptors (Lipinski definition) is 3. The molecule has 0 radical (unpaired) electrons. The van der Waals surface area contributed by atoms with Crippen LogP contribution >= 0.6 is 0 Å². The van der Waals surface area contributed by atoms with Gasteiger partial charge in [-0.05, 0) is 39.2 Å². The van der Waals surface area contributed by atoms with Crippen molar-refractivity contribution in [3.05, 3.63) is 35.9 Å². The lowest BCUT2D eigenvalue weighted by Crippen LogP contribution is -2.47. The Morgan fingerprint density at radius 1 is 1.23 bits per heavy atom. The maximum atomic E-state index is 12.5. The highest BCUT2D eigenvalue weighted by atomic mass is 16.6. The number of nitrogens with zero attached hydrogens (tertiary/aromatic N) is 1. The summed E-state index contributed by atoms with van der Waals surface area (Å²) >= 11 is 0. The number of benzene rings is 1. The largest absolute Gasteiger partial charge is 0.481 e. The van der Waals surface area contributed by atoms with Gasteiger partial charge in [-0.3, -0.25) is 4.79 Å². The van der Waals surface area contributed by atoms with Crippen LogP contribution in [0.3, 0.4) is 0 Å². The van der Waals surface area contributed by atoms with Crippen molar-refractivity contribution in [2.45, 2.75) is 45.3 Å². The molecule has 0 saturated carbocycles. The Morgan fingerprint density at radius 3 is 2.41 bits per heavy atom. The number of carboxylic acid groups (broad SMARTS) is 1. The first-order valence-electron chi connectivity index (χ1n) is 7.57. The lowest BCUT2D eigenvalue weighted by Gasteiger charge is -2.40. The summed E-state index contributed by atoms with van der Waals surface area (Å²) in [6, 6.07) is 8.83. The number of likely N-dealkylation sites (tertiary alicyclic amines) is 1. The first-order chi connectivity index (χ1) is 10.3. The average Bonchev–Trinajstić information content (AvgIpc) is 2.45. The zero-order valence-corrected chi connectivity index (χ0v) is 13.3. The van der Waals surface area contributed by atoms with Crippen molar-refractivity contribution in [3.63, 3.8) is 0 Å². The molecule has 2 rings (SSSR count). The van der Waals surface area contributed by atoms with Crippen molar-refractivity contribution in [2.75, 3.05) is 6.54 Å². The molecule has 22 heavy (non-hydrogen) atoms. The van der Waals surface area contributed by atoms with Gasteiger partial charge in [-0.15, -0.1) is 0 Å². The van der Waals surface area contributed by atoms with Gasteiger partial charge in [0, 0.05) is 6.54 Å². The minimum absolute atomic E-state index is 0.452. The molecule has 1 heterocycles. The van der Waals surface area contributed by atoms with Crippen LogP contribution in [0.15, 0.2) is 30.3 Å². The first-order valence-corrected chi connectivity index (χ1v) is 7.57. The van der Waals surface area contributed by atoms with Gasteiger partial charge in [0.25, 0.3) is 0 Å². The fourth-order valence-corrected chi connectivity index (χ4v) is 2.84. The average molecular weight is 305 g/mol. The van der Waals surface area contributed by atoms with E-state index in [1.165, 1.54) is 0 Å². The predicted molar refractivity (Wildman–Crippen MR) is 82.5 cm³/mol. The summed E-state index contributed by atoms with van der Waals surface area (Å²) in [5.41, 5.74) is 0.231. The van der Waals surface area contributed by atoms with Crippen molar-refractivity contribution in [2.24, 2.45) is 5.92 Å². The van der Waals surface area contributed by atoms with E-state index in [2.05, 4.69) is 0 Å². The van der Waals surface area contributed by atoms with Gasteiger partial charge in [0.05, 0.1) is 12.0 Å². The Labute approximate surface area is 130 Å². The summed E-state index contributed by atoms with van der Waals surface area (Å²) in [6.07, 6.45) is 0.778. The number of hydrogen-bond donors (Lipinski definition) is 1. The van der Waals surface area contributed by atoms with E-state index in [9.17, 15) is 14.7 Å². The van der Waals surface area contributed by atoms with Crippen LogP contribution in [-0.2, 0) is 9.53 Å². The number of carbonyl (C=O) groups excluding carboxylic acids is 1. The highest BCUT2D eigenvalue weighted by Crippen LogP contribution is 2.37. The SMILES string of the molecule is CC(C)(C)OC(=O)N1CCC[C@@H](C(=O)O)[C@@H]1c1ccccc1. The van der Waals surface area contributed by atoms with Crippen molar-refractivity contribution < 1.29 is 19.4 Å². The first kappa shape index (κ1) is 16.3. The van der Waals surface area contributed by atoms with Crippen LogP contribution in [0.25, 0.3) is 0 Å². The molecular formula is C17H23NO4. The molecule has 1 aromatic rings. The van der Waals surface area contributed by atoms with Gasteiger partial charge in [0.2, 0.25) is 0 Å². The number of aliphatic carboxylic acids is 1. The summed E-state index contributed by atoms with van der Waals surface area (Å²) in [7, 11) is 0. The number of carbonyl (C=O) groups is 2. The predicted octanol–water partition coefficient (Wildman–Crippen LogP) is 3.46. The Bertz CT molecular complexity index is 535. The number of carboxylic acids is 1. The van der Waals surface area contributed by atoms with E-state index >= 15 is 0 Å². The van der Waals surface area contributed by atoms with Crippen LogP contribution in [0, 0.1) is 5.92 Å². The molecular weight excluding hydrogens is 282 g/mol. The summed E-state index contributed by atoms with van der Waals surface area (Å²) in [6.45, 7) is 5.93. The van der Waals surface area contributed by atoms with Crippen LogP contribution in [0.1, 0.15) is 45.2 Å². The van der Waals surface area contributed by atoms with Gasteiger partial charge in [0.15, 0.2) is 0 Å². The van der Waals surface area contributed by atoms with Crippen LogP contribution in [0.5, 0.6) is 0 Å². The van der Waals surface area contributed by atoms with E-state index in [-0.39, 0.29) is 0 Å². The van der Waals surface area contributed by atoms with E-state index in [1.54, 1.807) is 25.7 Å². The van der Waals surface area contributed by atoms with Gasteiger partial charge in [0.1, 0.15) is 5.60 Å². The van der Waals surface area contributed by atoms with Crippen LogP contribution in [-0.4, -0.2) is 34.2 Å². The Balaban J connectivity index is 2.33. The normalized spacial score (nSPS) is 22.2. The summed E-state index contributed by atoms with van der Waals surface area (Å²) in [4.78, 5) is 25.6. The van der Waals surface area contributed by atoms with E-state index in [0.29, 0.717) is 19.4 Å². The van der Waals surface area contributed by atoms with Gasteiger partial charge < -0.3 is 14.7 Å². The highest BCUT2D eigenvalue weighted by Gasteiger charge is 2.40. The van der Waals surface area contributed by atoms with Gasteiger partial charge in [-0.1, -0.05) is 30.3 Å². The molecule has 0 unspecified atom stereocenters. The summed E-state index contributed by atoms with van der Waals surface area (Å²) < 4.78 is 5.45. The Kier molecular flexibility index (Phi) is 4.74. The van der Waals surface area contributed by atoms with E-state index in [1.807, 2.05) is 30.3 Å². The monoisotopic (exact) mass is 305 g/mol. The molecule has 1 amide bonds. The standard InChI is InChI=1S/C17H23NO4/c1-17(2,3)22-16(21)18-11-7-10-13(15(19)20)14(18)12-8-5-4-6-9-12/h4-6,8-9,13-14H,7,10-11H2,1-3H3,(H,19,20)/t13-,14+/m1/s1. The van der Waals surface area contributed by atoms with Gasteiger partial charge in [-0.25, -0.2) is 4.79 Å². The van der Waals surface area contributed by atoms with Gasteiger partial charge >= 0.3 is 12.1 Å². The van der Waals surface area contributed by atoms with Crippen molar-refractivity contribution in [1.82, 2.24) is 4.90 Å². The maximum Gasteiger partial charge on any atom is 0.410 e. The fourth-order valence-electron chi connectivity index (χ4n) is 2.84. The van der Waals surface area contributed by atoms with Crippen LogP contribution in [0.4, 0.5) is 4.79 Å². The second-order valence-electron chi connectivity index (χ2n) is 6.62. The molecule has 1 aliphatic rings. The van der Waals surface area contributed by atoms with E-state index in [4.69, 9.17) is 4.74 Å². The lowest BCUT2D eigenvalue weighted by molar-refractivity contribution is -0.145. The smallest absolute Gasteiger partial charge is 0.410 e. The molecule has 5 nitrogen and oxygen atoms in total. The van der Waals surface area contributed by atoms with E-state index in [0.717, 1.165) is 5.56 Å². The molecule has 0 spiro atoms. The molecule has 0 aliphatic carbocycles. The highest BCUT2D eigenvalue weighted by molar-refractivity contribution is 5.75. The minimum Gasteiger partial charge on any atom is -0.481 e. The number of rotatable bonds is 2. The third-order valence-electron chi connectivity index (χ3n) is 3.72.